The van der Waals surface area contributed by atoms with Crippen molar-refractivity contribution in [1.82, 2.24) is 20.0 Å². The predicted octanol–water partition coefficient (Wildman–Crippen LogP) is 1.52. The van der Waals surface area contributed by atoms with E-state index in [1.807, 2.05) is 11.0 Å². The quantitative estimate of drug-likeness (QED) is 0.549. The summed E-state index contributed by atoms with van der Waals surface area (Å²) in [5.74, 6) is -0.264. The van der Waals surface area contributed by atoms with Gasteiger partial charge in [0.05, 0.1) is 24.3 Å². The summed E-state index contributed by atoms with van der Waals surface area (Å²) in [6.07, 6.45) is 5.85. The second-order valence-electron chi connectivity index (χ2n) is 10.4. The first-order valence-corrected chi connectivity index (χ1v) is 12.1. The summed E-state index contributed by atoms with van der Waals surface area (Å²) in [6, 6.07) is 10.4. The molecule has 8 heteroatoms. The minimum absolute atomic E-state index is 0.0208. The van der Waals surface area contributed by atoms with Crippen molar-refractivity contribution < 1.29 is 19.8 Å². The summed E-state index contributed by atoms with van der Waals surface area (Å²) in [5.41, 5.74) is 0.000476. The molecule has 3 amide bonds. The molecule has 0 unspecified atom stereocenters. The number of amides is 3. The topological polar surface area (TPSA) is 96.3 Å². The van der Waals surface area contributed by atoms with Crippen molar-refractivity contribution in [1.29, 1.82) is 0 Å². The van der Waals surface area contributed by atoms with Crippen LogP contribution in [-0.4, -0.2) is 94.9 Å². The first-order chi connectivity index (χ1) is 15.7. The van der Waals surface area contributed by atoms with Crippen LogP contribution in [0.1, 0.15) is 50.5 Å². The zero-order chi connectivity index (χ0) is 23.7. The molecular formula is C25H38N4O4. The third-order valence-electron chi connectivity index (χ3n) is 8.24. The second-order valence-corrected chi connectivity index (χ2v) is 10.4. The summed E-state index contributed by atoms with van der Waals surface area (Å²) >= 11 is 0. The highest BCUT2D eigenvalue weighted by Crippen LogP contribution is 2.49. The van der Waals surface area contributed by atoms with Crippen molar-refractivity contribution in [2.24, 2.45) is 0 Å². The van der Waals surface area contributed by atoms with Crippen LogP contribution in [0.4, 0.5) is 4.79 Å². The zero-order valence-corrected chi connectivity index (χ0v) is 19.9. The van der Waals surface area contributed by atoms with Gasteiger partial charge in [0.25, 0.3) is 0 Å². The molecule has 1 saturated heterocycles. The van der Waals surface area contributed by atoms with E-state index in [4.69, 9.17) is 5.11 Å². The van der Waals surface area contributed by atoms with E-state index < -0.39 is 5.60 Å². The maximum Gasteiger partial charge on any atom is 0.321 e. The number of carbonyl (C=O) groups excluding carboxylic acids is 2. The lowest BCUT2D eigenvalue weighted by molar-refractivity contribution is -0.121. The molecule has 0 aromatic heterocycles. The van der Waals surface area contributed by atoms with E-state index in [2.05, 4.69) is 48.6 Å². The zero-order valence-electron chi connectivity index (χ0n) is 19.9. The van der Waals surface area contributed by atoms with E-state index in [0.717, 1.165) is 44.9 Å². The molecular weight excluding hydrogens is 420 g/mol. The van der Waals surface area contributed by atoms with Gasteiger partial charge in [-0.3, -0.25) is 9.69 Å². The number of nitrogens with one attached hydrogen (secondary N) is 1. The van der Waals surface area contributed by atoms with Gasteiger partial charge >= 0.3 is 6.03 Å². The molecule has 3 N–H and O–H groups in total. The van der Waals surface area contributed by atoms with Crippen molar-refractivity contribution >= 4 is 11.9 Å². The van der Waals surface area contributed by atoms with Crippen LogP contribution in [-0.2, 0) is 10.3 Å². The van der Waals surface area contributed by atoms with Gasteiger partial charge in [-0.2, -0.15) is 0 Å². The first-order valence-electron chi connectivity index (χ1n) is 12.1. The number of β-amino-alcohol motifs (C(OH)–C–C–N with tert-alkyl or cyclic N) is 1. The van der Waals surface area contributed by atoms with Crippen molar-refractivity contribution in [2.45, 2.75) is 61.6 Å². The largest absolute Gasteiger partial charge is 0.395 e. The summed E-state index contributed by atoms with van der Waals surface area (Å²) in [4.78, 5) is 31.6. The number of rotatable bonds is 8. The van der Waals surface area contributed by atoms with Gasteiger partial charge in [0, 0.05) is 18.6 Å². The molecule has 33 heavy (non-hydrogen) atoms. The Hall–Kier alpha value is -2.16. The Morgan fingerprint density at radius 2 is 1.76 bits per heavy atom. The second kappa shape index (κ2) is 9.24. The summed E-state index contributed by atoms with van der Waals surface area (Å²) < 4.78 is 0. The van der Waals surface area contributed by atoms with E-state index in [-0.39, 0.29) is 42.7 Å². The van der Waals surface area contributed by atoms with Crippen LogP contribution in [0.15, 0.2) is 30.3 Å². The highest BCUT2D eigenvalue weighted by atomic mass is 16.3. The molecule has 1 aromatic rings. The molecule has 2 saturated carbocycles. The highest BCUT2D eigenvalue weighted by Gasteiger charge is 2.56. The van der Waals surface area contributed by atoms with Gasteiger partial charge in [-0.1, -0.05) is 30.3 Å². The molecule has 0 atom stereocenters. The van der Waals surface area contributed by atoms with Crippen molar-refractivity contribution in [3.8, 4) is 0 Å². The average molecular weight is 459 g/mol. The van der Waals surface area contributed by atoms with Gasteiger partial charge in [0.2, 0.25) is 5.91 Å². The molecule has 3 fully saturated rings. The number of nitrogens with zero attached hydrogens (tertiary/aromatic N) is 3. The van der Waals surface area contributed by atoms with Gasteiger partial charge in [0.1, 0.15) is 6.54 Å². The van der Waals surface area contributed by atoms with Crippen molar-refractivity contribution in [2.75, 3.05) is 46.9 Å². The van der Waals surface area contributed by atoms with Gasteiger partial charge in [-0.05, 0) is 64.6 Å². The maximum atomic E-state index is 13.5. The Morgan fingerprint density at radius 1 is 1.09 bits per heavy atom. The van der Waals surface area contributed by atoms with Crippen LogP contribution < -0.4 is 5.32 Å². The molecule has 1 aliphatic heterocycles. The average Bonchev–Trinajstić information content (AvgIpc) is 3.03. The Bertz CT molecular complexity index is 847. The minimum atomic E-state index is -0.812. The molecule has 0 radical (unpaired) electrons. The Balaban J connectivity index is 1.57. The van der Waals surface area contributed by atoms with Gasteiger partial charge < -0.3 is 25.3 Å². The summed E-state index contributed by atoms with van der Waals surface area (Å²) in [5, 5.41) is 22.6. The Morgan fingerprint density at radius 3 is 2.30 bits per heavy atom. The molecule has 1 aromatic carbocycles. The maximum absolute atomic E-state index is 13.5. The first kappa shape index (κ1) is 24.0. The SMILES string of the molecule is CN(C)C1(c2ccccc2)CCC2(CC1)CN(CC(=O)NCCO)C(=O)N2CC1(O)CCC1. The molecule has 0 bridgehead atoms. The lowest BCUT2D eigenvalue weighted by atomic mass is 9.67. The number of urea groups is 1. The van der Waals surface area contributed by atoms with Crippen LogP contribution >= 0.6 is 0 Å². The van der Waals surface area contributed by atoms with Gasteiger partial charge in [-0.15, -0.1) is 0 Å². The lowest BCUT2D eigenvalue weighted by Gasteiger charge is -2.52. The van der Waals surface area contributed by atoms with Crippen molar-refractivity contribution in [3.05, 3.63) is 35.9 Å². The molecule has 1 spiro atoms. The van der Waals surface area contributed by atoms with Crippen LogP contribution in [0.25, 0.3) is 0 Å². The third kappa shape index (κ3) is 4.48. The number of aliphatic hydroxyl groups is 2. The number of benzene rings is 1. The van der Waals surface area contributed by atoms with Crippen LogP contribution in [0.5, 0.6) is 0 Å². The lowest BCUT2D eigenvalue weighted by Crippen LogP contribution is -2.59. The summed E-state index contributed by atoms with van der Waals surface area (Å²) in [7, 11) is 4.24. The van der Waals surface area contributed by atoms with Crippen LogP contribution in [0.3, 0.4) is 0 Å². The smallest absolute Gasteiger partial charge is 0.321 e. The van der Waals surface area contributed by atoms with E-state index in [1.165, 1.54) is 5.56 Å². The fourth-order valence-electron chi connectivity index (χ4n) is 6.00. The fourth-order valence-corrected chi connectivity index (χ4v) is 6.00. The van der Waals surface area contributed by atoms with Crippen LogP contribution in [0, 0.1) is 0 Å². The minimum Gasteiger partial charge on any atom is -0.395 e. The van der Waals surface area contributed by atoms with Crippen molar-refractivity contribution in [3.63, 3.8) is 0 Å². The van der Waals surface area contributed by atoms with E-state index >= 15 is 0 Å². The third-order valence-corrected chi connectivity index (χ3v) is 8.24. The molecule has 182 valence electrons. The molecule has 3 aliphatic rings. The van der Waals surface area contributed by atoms with E-state index in [9.17, 15) is 14.7 Å². The summed E-state index contributed by atoms with van der Waals surface area (Å²) in [6.45, 7) is 0.855. The van der Waals surface area contributed by atoms with Crippen LogP contribution in [0.2, 0.25) is 0 Å². The fraction of sp³-hybridized carbons (Fsp3) is 0.680. The molecule has 4 rings (SSSR count). The molecule has 1 heterocycles. The number of aliphatic hydroxyl groups excluding tert-OH is 1. The number of hydrogen-bond acceptors (Lipinski definition) is 5. The Labute approximate surface area is 196 Å². The predicted molar refractivity (Wildman–Crippen MR) is 126 cm³/mol. The van der Waals surface area contributed by atoms with Gasteiger partial charge in [0.15, 0.2) is 0 Å². The standard InChI is InChI=1S/C25H38N4O4/c1-27(2)25(20-7-4-3-5-8-20)13-11-23(12-14-25)18-28(17-21(31)26-15-16-30)22(32)29(23)19-24(33)9-6-10-24/h3-5,7-8,30,33H,6,9-19H2,1-2H3,(H,26,31). The van der Waals surface area contributed by atoms with E-state index in [1.54, 1.807) is 4.90 Å². The van der Waals surface area contributed by atoms with Gasteiger partial charge in [-0.25, -0.2) is 4.79 Å². The number of hydrogen-bond donors (Lipinski definition) is 3. The molecule has 2 aliphatic carbocycles. The molecule has 8 nitrogen and oxygen atoms in total. The number of carbonyl (C=O) groups is 2. The monoisotopic (exact) mass is 458 g/mol. The normalized spacial score (nSPS) is 28.9. The Kier molecular flexibility index (Phi) is 6.71. The highest BCUT2D eigenvalue weighted by molar-refractivity contribution is 5.86. The van der Waals surface area contributed by atoms with E-state index in [0.29, 0.717) is 13.1 Å².